The Labute approximate surface area is 208 Å². The normalized spacial score (nSPS) is 19.1. The van der Waals surface area contributed by atoms with Gasteiger partial charge in [0.1, 0.15) is 5.75 Å². The van der Waals surface area contributed by atoms with Crippen LogP contribution in [0.2, 0.25) is 0 Å². The van der Waals surface area contributed by atoms with Gasteiger partial charge in [0.15, 0.2) is 11.1 Å². The average Bonchev–Trinajstić information content (AvgIpc) is 3.50. The monoisotopic (exact) mass is 483 g/mol. The summed E-state index contributed by atoms with van der Waals surface area (Å²) in [4.78, 5) is 40.2. The molecule has 36 heavy (non-hydrogen) atoms. The third-order valence-corrected chi connectivity index (χ3v) is 6.47. The highest BCUT2D eigenvalue weighted by molar-refractivity contribution is 6.08. The predicted octanol–water partition coefficient (Wildman–Crippen LogP) is 2.57. The molecular formula is C27H25N5O4. The molecular weight excluding hydrogens is 458 g/mol. The minimum Gasteiger partial charge on any atom is -0.475 e. The summed E-state index contributed by atoms with van der Waals surface area (Å²) < 4.78 is 7.53. The zero-order chi connectivity index (χ0) is 25.7. The molecule has 1 atom stereocenters. The van der Waals surface area contributed by atoms with E-state index in [0.717, 1.165) is 16.7 Å². The third-order valence-electron chi connectivity index (χ3n) is 6.47. The zero-order valence-electron chi connectivity index (χ0n) is 20.2. The van der Waals surface area contributed by atoms with Crippen LogP contribution in [-0.4, -0.2) is 44.7 Å². The van der Waals surface area contributed by atoms with Crippen molar-refractivity contribution in [3.8, 4) is 29.2 Å². The second-order valence-corrected chi connectivity index (χ2v) is 9.53. The summed E-state index contributed by atoms with van der Waals surface area (Å²) in [5.74, 6) is 2.29. The topological polar surface area (TPSA) is 106 Å². The van der Waals surface area contributed by atoms with E-state index in [1.54, 1.807) is 53.9 Å². The predicted molar refractivity (Wildman–Crippen MR) is 132 cm³/mol. The second-order valence-electron chi connectivity index (χ2n) is 9.53. The van der Waals surface area contributed by atoms with Gasteiger partial charge in [0.05, 0.1) is 12.7 Å². The molecule has 0 bridgehead atoms. The number of ether oxygens (including phenoxy) is 1. The van der Waals surface area contributed by atoms with Crippen molar-refractivity contribution >= 4 is 17.8 Å². The lowest BCUT2D eigenvalue weighted by atomic mass is 9.88. The van der Waals surface area contributed by atoms with Crippen molar-refractivity contribution in [1.82, 2.24) is 25.3 Å². The number of hydrogen-bond donors (Lipinski definition) is 2. The van der Waals surface area contributed by atoms with Crippen molar-refractivity contribution in [3.05, 3.63) is 71.5 Å². The maximum Gasteiger partial charge on any atom is 0.322 e. The number of nitrogens with one attached hydrogen (secondary N) is 2. The van der Waals surface area contributed by atoms with Crippen molar-refractivity contribution in [2.24, 2.45) is 7.05 Å². The fourth-order valence-electron chi connectivity index (χ4n) is 4.56. The molecule has 4 amide bonds. The Morgan fingerprint density at radius 2 is 1.89 bits per heavy atom. The first-order valence-electron chi connectivity index (χ1n) is 11.4. The van der Waals surface area contributed by atoms with Crippen molar-refractivity contribution < 1.29 is 19.1 Å². The number of nitrogens with zero attached hydrogens (tertiary/aromatic N) is 3. The number of hydrogen-bond acceptors (Lipinski definition) is 5. The zero-order valence-corrected chi connectivity index (χ0v) is 20.2. The average molecular weight is 484 g/mol. The lowest BCUT2D eigenvalue weighted by molar-refractivity contribution is -0.124. The van der Waals surface area contributed by atoms with Crippen LogP contribution in [0.1, 0.15) is 35.3 Å². The molecule has 182 valence electrons. The number of fused-ring (bicyclic) bond motifs is 1. The summed E-state index contributed by atoms with van der Waals surface area (Å²) in [5, 5.41) is 9.28. The van der Waals surface area contributed by atoms with Gasteiger partial charge in [-0.3, -0.25) is 19.6 Å². The van der Waals surface area contributed by atoms with Gasteiger partial charge >= 0.3 is 6.03 Å². The molecule has 2 aliphatic rings. The van der Waals surface area contributed by atoms with Gasteiger partial charge in [-0.15, -0.1) is 6.42 Å². The number of aromatic nitrogens is 2. The molecule has 2 N–H and O–H groups in total. The van der Waals surface area contributed by atoms with E-state index in [-0.39, 0.29) is 12.5 Å². The largest absolute Gasteiger partial charge is 0.475 e. The summed E-state index contributed by atoms with van der Waals surface area (Å²) in [5.41, 5.74) is 1.45. The van der Waals surface area contributed by atoms with Crippen LogP contribution >= 0.6 is 0 Å². The van der Waals surface area contributed by atoms with Crippen molar-refractivity contribution in [2.75, 3.05) is 6.54 Å². The van der Waals surface area contributed by atoms with Crippen LogP contribution in [0, 0.1) is 12.3 Å². The van der Waals surface area contributed by atoms with Gasteiger partial charge in [-0.1, -0.05) is 36.3 Å². The number of imide groups is 1. The van der Waals surface area contributed by atoms with Crippen LogP contribution in [0.15, 0.2) is 54.9 Å². The first kappa shape index (κ1) is 23.2. The van der Waals surface area contributed by atoms with Gasteiger partial charge in [0, 0.05) is 30.9 Å². The van der Waals surface area contributed by atoms with E-state index in [9.17, 15) is 14.4 Å². The number of aryl methyl sites for hydroxylation is 1. The molecule has 0 saturated carbocycles. The number of rotatable bonds is 6. The Kier molecular flexibility index (Phi) is 5.32. The van der Waals surface area contributed by atoms with Crippen LogP contribution in [0.4, 0.5) is 4.79 Å². The van der Waals surface area contributed by atoms with E-state index in [0.29, 0.717) is 23.4 Å². The van der Waals surface area contributed by atoms with Crippen LogP contribution in [0.3, 0.4) is 0 Å². The Morgan fingerprint density at radius 3 is 2.50 bits per heavy atom. The molecule has 0 aliphatic carbocycles. The molecule has 3 aromatic rings. The second kappa shape index (κ2) is 8.27. The molecule has 2 aliphatic heterocycles. The molecule has 2 aromatic carbocycles. The van der Waals surface area contributed by atoms with Gasteiger partial charge in [-0.25, -0.2) is 4.79 Å². The van der Waals surface area contributed by atoms with Gasteiger partial charge in [-0.05, 0) is 42.7 Å². The molecule has 9 nitrogen and oxygen atoms in total. The Hall–Kier alpha value is -4.58. The van der Waals surface area contributed by atoms with E-state index in [4.69, 9.17) is 11.2 Å². The molecule has 0 radical (unpaired) electrons. The fourth-order valence-corrected chi connectivity index (χ4v) is 4.56. The molecule has 1 saturated heterocycles. The first-order valence-corrected chi connectivity index (χ1v) is 11.4. The molecule has 0 unspecified atom stereocenters. The van der Waals surface area contributed by atoms with Crippen molar-refractivity contribution in [1.29, 1.82) is 0 Å². The lowest BCUT2D eigenvalue weighted by Gasteiger charge is -2.31. The number of carbonyl (C=O) groups excluding carboxylic acids is 3. The van der Waals surface area contributed by atoms with Gasteiger partial charge < -0.3 is 15.0 Å². The highest BCUT2D eigenvalue weighted by Gasteiger charge is 2.50. The number of terminal acetylenes is 1. The maximum atomic E-state index is 13.4. The Bertz CT molecular complexity index is 1430. The minimum atomic E-state index is -1.42. The summed E-state index contributed by atoms with van der Waals surface area (Å²) in [6.45, 7) is 3.79. The number of amides is 4. The number of urea groups is 1. The molecule has 0 spiro atoms. The highest BCUT2D eigenvalue weighted by atomic mass is 16.5. The fraction of sp³-hybridized carbons (Fsp3) is 0.259. The van der Waals surface area contributed by atoms with Crippen molar-refractivity contribution in [3.63, 3.8) is 0 Å². The minimum absolute atomic E-state index is 0.0314. The molecule has 5 rings (SSSR count). The summed E-state index contributed by atoms with van der Waals surface area (Å²) >= 11 is 0. The van der Waals surface area contributed by atoms with Crippen LogP contribution in [-0.2, 0) is 23.9 Å². The smallest absolute Gasteiger partial charge is 0.322 e. The standard InChI is InChI=1S/C27H25N5O4/c1-5-26(2,3)36-21-11-8-18-15-32(23(33)22(18)12-21)16-27(24(34)29-25(35)30-27)20-9-6-17(7-10-20)19-13-28-31(4)14-19/h1,6-14H,15-16H2,2-4H3,(H2,29,30,34,35)/t27-/m0/s1. The van der Waals surface area contributed by atoms with Crippen LogP contribution in [0.5, 0.6) is 5.75 Å². The van der Waals surface area contributed by atoms with E-state index < -0.39 is 23.1 Å². The van der Waals surface area contributed by atoms with Crippen LogP contribution < -0.4 is 15.4 Å². The van der Waals surface area contributed by atoms with Gasteiger partial charge in [0.2, 0.25) is 0 Å². The summed E-state index contributed by atoms with van der Waals surface area (Å²) in [6.07, 6.45) is 9.15. The molecule has 3 heterocycles. The summed E-state index contributed by atoms with van der Waals surface area (Å²) in [7, 11) is 1.83. The lowest BCUT2D eigenvalue weighted by Crippen LogP contribution is -2.52. The van der Waals surface area contributed by atoms with Gasteiger partial charge in [0.25, 0.3) is 11.8 Å². The quantitative estimate of drug-likeness (QED) is 0.414. The van der Waals surface area contributed by atoms with Crippen molar-refractivity contribution in [2.45, 2.75) is 31.5 Å². The summed E-state index contributed by atoms with van der Waals surface area (Å²) in [6, 6.07) is 12.0. The third kappa shape index (κ3) is 3.96. The van der Waals surface area contributed by atoms with E-state index in [1.165, 1.54) is 0 Å². The first-order chi connectivity index (χ1) is 17.1. The number of benzene rings is 2. The number of carbonyl (C=O) groups is 3. The highest BCUT2D eigenvalue weighted by Crippen LogP contribution is 2.34. The molecule has 9 heteroatoms. The SMILES string of the molecule is C#CC(C)(C)Oc1ccc2c(c1)C(=O)N(C[C@@]1(c3ccc(-c4cnn(C)c4)cc3)NC(=O)NC1=O)C2. The molecule has 1 fully saturated rings. The van der Waals surface area contributed by atoms with E-state index in [2.05, 4.69) is 21.7 Å². The van der Waals surface area contributed by atoms with E-state index in [1.807, 2.05) is 31.4 Å². The Morgan fingerprint density at radius 1 is 1.14 bits per heavy atom. The van der Waals surface area contributed by atoms with E-state index >= 15 is 0 Å². The Balaban J connectivity index is 1.43. The van der Waals surface area contributed by atoms with Gasteiger partial charge in [-0.2, -0.15) is 5.10 Å². The maximum absolute atomic E-state index is 13.4. The molecule has 1 aromatic heterocycles. The van der Waals surface area contributed by atoms with Crippen LogP contribution in [0.25, 0.3) is 11.1 Å².